The normalized spacial score (nSPS) is 19.1. The summed E-state index contributed by atoms with van der Waals surface area (Å²) in [5, 5.41) is 7.03. The maximum Gasteiger partial charge on any atom is 0.416 e. The van der Waals surface area contributed by atoms with Gasteiger partial charge in [-0.25, -0.2) is 28.0 Å². The second-order valence-electron chi connectivity index (χ2n) is 36.7. The van der Waals surface area contributed by atoms with Crippen LogP contribution in [0.5, 0.6) is 28.7 Å². The van der Waals surface area contributed by atoms with Crippen LogP contribution in [-0.2, 0) is 39.9 Å². The van der Waals surface area contributed by atoms with Gasteiger partial charge in [-0.05, 0) is 308 Å². The Hall–Kier alpha value is -11.5. The second-order valence-corrected chi connectivity index (χ2v) is 39.1. The Morgan fingerprint density at radius 3 is 1.01 bits per heavy atom. The highest BCUT2D eigenvalue weighted by Gasteiger charge is 2.41. The molecule has 9 aromatic carbocycles. The van der Waals surface area contributed by atoms with E-state index in [0.717, 1.165) is 181 Å². The van der Waals surface area contributed by atoms with Gasteiger partial charge >= 0.3 is 24.4 Å². The summed E-state index contributed by atoms with van der Waals surface area (Å²) in [5.41, 5.74) is 16.2. The molecule has 7 unspecified atom stereocenters. The number of carbonyl (C=O) groups excluding carboxylic acids is 4. The summed E-state index contributed by atoms with van der Waals surface area (Å²) in [5.74, 6) is 10.9. The van der Waals surface area contributed by atoms with E-state index in [2.05, 4.69) is 67.6 Å². The number of hydrogen-bond donors (Lipinski definition) is 4. The quantitative estimate of drug-likeness (QED) is 0.0214. The molecule has 31 heteroatoms. The Bertz CT molecular complexity index is 6540. The molecule has 140 heavy (non-hydrogen) atoms. The first-order valence-corrected chi connectivity index (χ1v) is 50.5. The van der Waals surface area contributed by atoms with Gasteiger partial charge in [0.1, 0.15) is 72.0 Å². The van der Waals surface area contributed by atoms with Gasteiger partial charge in [0.25, 0.3) is 0 Å². The van der Waals surface area contributed by atoms with Gasteiger partial charge in [-0.1, -0.05) is 112 Å². The van der Waals surface area contributed by atoms with Crippen LogP contribution in [0, 0.1) is 35.4 Å². The van der Waals surface area contributed by atoms with Crippen LogP contribution in [0.1, 0.15) is 143 Å². The van der Waals surface area contributed by atoms with Crippen molar-refractivity contribution < 1.29 is 65.9 Å². The average molecular weight is 2020 g/mol. The number of carbonyl (C=O) groups is 4. The van der Waals surface area contributed by atoms with Crippen LogP contribution < -0.4 is 23.7 Å². The van der Waals surface area contributed by atoms with Gasteiger partial charge in [-0.3, -0.25) is 19.6 Å². The summed E-state index contributed by atoms with van der Waals surface area (Å²) in [6, 6.07) is 58.8. The number of piperidine rings is 3. The van der Waals surface area contributed by atoms with E-state index in [1.54, 1.807) is 26.5 Å². The topological polar surface area (TPSA) is 228 Å². The van der Waals surface area contributed by atoms with Crippen molar-refractivity contribution in [1.82, 2.24) is 54.2 Å². The number of ether oxygens (including phenoxy) is 8. The molecule has 7 atom stereocenters. The van der Waals surface area contributed by atoms with E-state index in [1.165, 1.54) is 74.9 Å². The number of rotatable bonds is 22. The van der Waals surface area contributed by atoms with Crippen molar-refractivity contribution in [2.45, 2.75) is 102 Å². The average Bonchev–Trinajstić information content (AvgIpc) is 1.63. The van der Waals surface area contributed by atoms with E-state index in [4.69, 9.17) is 108 Å². The van der Waals surface area contributed by atoms with Crippen molar-refractivity contribution >= 4 is 138 Å². The van der Waals surface area contributed by atoms with Crippen molar-refractivity contribution in [3.8, 4) is 40.6 Å². The van der Waals surface area contributed by atoms with Gasteiger partial charge in [-0.15, -0.1) is 17.5 Å². The third-order valence-corrected chi connectivity index (χ3v) is 28.5. The lowest BCUT2D eigenvalue weighted by molar-refractivity contribution is 0.0836. The molecular weight excluding hydrogens is 1910 g/mol. The number of aromatic amines is 4. The fraction of sp³-hybridized carbons (Fsp3) is 0.376. The number of alkyl halides is 3. The predicted octanol–water partition coefficient (Wildman–Crippen LogP) is 24.2. The SMILES string of the molecule is CC#CCOC(=O)N1CCc2c([nH]c3ccc(Cl)cc23)C1c1ccc(OCC2CCCN(C)C2)cc1.CN1CCCC(COc2ccc(C3c4[nH]c5ccc(Cl)cc5c4CCN3C(=O)OCCF)cc2)C1.CN1CCCC(COc2ccc(C3c4[nH]c5ccc(Cl)cc5c4CCN3C(=O)Oc3ccc(F)cc3)cc2)C1.O=C(OCCl)N1CCc2c([nH]c3ccc(Cl)cc23)C1c1ccc(OCCCCl)cc1. The number of nitrogens with zero attached hydrogens (tertiary/aromatic N) is 7. The summed E-state index contributed by atoms with van der Waals surface area (Å²) in [4.78, 5) is 80.1. The second kappa shape index (κ2) is 46.9. The molecule has 7 aliphatic heterocycles. The first kappa shape index (κ1) is 100. The number of nitrogens with one attached hydrogen (secondary N) is 4. The highest BCUT2D eigenvalue weighted by atomic mass is 35.5. The van der Waals surface area contributed by atoms with Crippen LogP contribution in [0.25, 0.3) is 43.6 Å². The minimum atomic E-state index is -0.705. The lowest BCUT2D eigenvalue weighted by atomic mass is 9.92. The molecule has 11 heterocycles. The highest BCUT2D eigenvalue weighted by molar-refractivity contribution is 6.32. The fourth-order valence-corrected chi connectivity index (χ4v) is 21.5. The summed E-state index contributed by atoms with van der Waals surface area (Å²) in [6.07, 6.45) is 8.90. The molecule has 734 valence electrons. The van der Waals surface area contributed by atoms with E-state index in [1.807, 2.05) is 170 Å². The Kier molecular flexibility index (Phi) is 33.5. The molecule has 0 bridgehead atoms. The summed E-state index contributed by atoms with van der Waals surface area (Å²) >= 11 is 36.5. The number of aromatic nitrogens is 4. The molecule has 20 rings (SSSR count). The zero-order valence-electron chi connectivity index (χ0n) is 78.8. The smallest absolute Gasteiger partial charge is 0.416 e. The molecule has 0 aliphatic carbocycles. The zero-order chi connectivity index (χ0) is 97.5. The maximum atomic E-state index is 13.4. The maximum absolute atomic E-state index is 13.4. The van der Waals surface area contributed by atoms with Crippen molar-refractivity contribution in [3.05, 3.63) is 287 Å². The highest BCUT2D eigenvalue weighted by Crippen LogP contribution is 2.46. The van der Waals surface area contributed by atoms with Crippen molar-refractivity contribution in [2.24, 2.45) is 17.8 Å². The number of benzene rings is 9. The van der Waals surface area contributed by atoms with Gasteiger partial charge in [0.05, 0.1) is 26.4 Å². The molecule has 4 aromatic heterocycles. The molecule has 13 aromatic rings. The van der Waals surface area contributed by atoms with Crippen LogP contribution >= 0.6 is 69.6 Å². The number of hydrogen-bond acceptors (Lipinski definition) is 15. The van der Waals surface area contributed by atoms with Gasteiger partial charge < -0.3 is 72.5 Å². The van der Waals surface area contributed by atoms with Crippen LogP contribution in [-0.4, -0.2) is 223 Å². The number of likely N-dealkylation sites (tertiary alicyclic amines) is 3. The molecule has 0 saturated carbocycles. The number of amides is 4. The first-order chi connectivity index (χ1) is 68.1. The van der Waals surface area contributed by atoms with E-state index in [0.29, 0.717) is 115 Å². The molecule has 3 saturated heterocycles. The minimum Gasteiger partial charge on any atom is -0.494 e. The van der Waals surface area contributed by atoms with Gasteiger partial charge in [0.15, 0.2) is 12.7 Å². The van der Waals surface area contributed by atoms with Crippen molar-refractivity contribution in [2.75, 3.05) is 145 Å². The van der Waals surface area contributed by atoms with E-state index < -0.39 is 31.0 Å². The molecular formula is C109H115Cl6F2N11O12. The third kappa shape index (κ3) is 23.9. The Balaban J connectivity index is 0.000000129. The minimum absolute atomic E-state index is 0.0802. The molecule has 3 fully saturated rings. The monoisotopic (exact) mass is 2020 g/mol. The molecule has 0 radical (unpaired) electrons. The molecule has 23 nitrogen and oxygen atoms in total. The summed E-state index contributed by atoms with van der Waals surface area (Å²) in [6.45, 7) is 12.2. The fourth-order valence-electron chi connectivity index (χ4n) is 20.6. The molecule has 7 aliphatic rings. The predicted molar refractivity (Wildman–Crippen MR) is 548 cm³/mol. The first-order valence-electron chi connectivity index (χ1n) is 47.9. The van der Waals surface area contributed by atoms with Crippen molar-refractivity contribution in [1.29, 1.82) is 0 Å². The lowest BCUT2D eigenvalue weighted by Gasteiger charge is -2.35. The van der Waals surface area contributed by atoms with E-state index in [9.17, 15) is 28.0 Å². The number of H-pyrrole nitrogens is 4. The molecule has 4 amide bonds. The van der Waals surface area contributed by atoms with Crippen LogP contribution in [0.15, 0.2) is 194 Å². The van der Waals surface area contributed by atoms with E-state index >= 15 is 0 Å². The van der Waals surface area contributed by atoms with Gasteiger partial charge in [-0.2, -0.15) is 0 Å². The third-order valence-electron chi connectivity index (χ3n) is 27.2. The molecule has 0 spiro atoms. The molecule has 4 N–H and O–H groups in total. The standard InChI is InChI=1S/C31H31ClFN3O3.C29H32ClN3O3.C27H31ClFN3O3.C22H21Cl3N2O3/c1-35-15-2-3-20(18-35)19-38-24-9-4-21(5-10-24)30-29-26(27-17-22(32)6-13-28(27)34-29)14-16-36(30)31(37)39-25-11-7-23(33)8-12-25;1-3-4-16-35-29(34)33-15-13-24-25-17-22(30)9-12-26(25)31-27(24)28(33)21-7-10-23(11-8-21)36-19-20-6-5-14-32(2)18-20;1-31-12-2-3-18(16-31)17-35-21-7-4-19(5-8-21)26-25-22(10-13-32(26)27(33)34-14-11-29)23-15-20(28)6-9-24(23)30-25;23-9-1-11-29-16-5-2-14(3-6-16)21-20-17(8-10-27(21)22(28)30-13-24)18-12-15(25)4-7-19(18)26-20/h4-13,17,20,30,34H,2-3,14-16,18-19H2,1H3;7-12,17,20,28,31H,5-6,13-16,18-19H2,1-2H3;4-9,15,18,26,30H,2-3,10-14,16-17H2,1H3;2-7,12,21,26H,1,8-11,13H2. The van der Waals surface area contributed by atoms with Gasteiger partial charge in [0, 0.05) is 156 Å². The van der Waals surface area contributed by atoms with E-state index in [-0.39, 0.29) is 49.3 Å². The Labute approximate surface area is 844 Å². The Morgan fingerprint density at radius 2 is 0.700 bits per heavy atom. The van der Waals surface area contributed by atoms with Crippen LogP contribution in [0.2, 0.25) is 20.1 Å². The van der Waals surface area contributed by atoms with Gasteiger partial charge in [0.2, 0.25) is 0 Å². The summed E-state index contributed by atoms with van der Waals surface area (Å²) in [7, 11) is 6.48. The largest absolute Gasteiger partial charge is 0.494 e. The van der Waals surface area contributed by atoms with Crippen molar-refractivity contribution in [3.63, 3.8) is 0 Å². The zero-order valence-corrected chi connectivity index (χ0v) is 83.3. The van der Waals surface area contributed by atoms with Crippen LogP contribution in [0.4, 0.5) is 28.0 Å². The number of fused-ring (bicyclic) bond motifs is 12. The summed E-state index contributed by atoms with van der Waals surface area (Å²) < 4.78 is 71.6. The van der Waals surface area contributed by atoms with Crippen LogP contribution in [0.3, 0.4) is 0 Å². The lowest BCUT2D eigenvalue weighted by Crippen LogP contribution is -2.42. The number of halogens is 8. The Morgan fingerprint density at radius 1 is 0.386 bits per heavy atom.